The van der Waals surface area contributed by atoms with Crippen molar-refractivity contribution in [3.63, 3.8) is 0 Å². The molecule has 1 spiro atoms. The van der Waals surface area contributed by atoms with E-state index in [1.807, 2.05) is 18.7 Å². The lowest BCUT2D eigenvalue weighted by atomic mass is 9.99. The van der Waals surface area contributed by atoms with Crippen molar-refractivity contribution in [1.82, 2.24) is 9.21 Å². The molecular weight excluding hydrogens is 376 g/mol. The molecule has 0 unspecified atom stereocenters. The third-order valence-electron chi connectivity index (χ3n) is 5.00. The highest BCUT2D eigenvalue weighted by Crippen LogP contribution is 2.38. The second kappa shape index (κ2) is 7.46. The lowest BCUT2D eigenvalue weighted by Gasteiger charge is -2.43. The number of amides is 1. The summed E-state index contributed by atoms with van der Waals surface area (Å²) in [6.45, 7) is 5.75. The first kappa shape index (κ1) is 19.6. The topological polar surface area (TPSA) is 66.9 Å². The summed E-state index contributed by atoms with van der Waals surface area (Å²) >= 11 is 5.87. The molecule has 2 fully saturated rings. The molecule has 0 radical (unpaired) electrons. The molecule has 2 aliphatic heterocycles. The van der Waals surface area contributed by atoms with Gasteiger partial charge in [0.05, 0.1) is 11.5 Å². The number of hydrogen-bond donors (Lipinski definition) is 0. The van der Waals surface area contributed by atoms with E-state index in [0.29, 0.717) is 56.4 Å². The van der Waals surface area contributed by atoms with Crippen molar-refractivity contribution in [1.29, 1.82) is 0 Å². The summed E-state index contributed by atoms with van der Waals surface area (Å²) in [7, 11) is -3.67. The van der Waals surface area contributed by atoms with Gasteiger partial charge in [-0.15, -0.1) is 0 Å². The monoisotopic (exact) mass is 400 g/mol. The van der Waals surface area contributed by atoms with Crippen LogP contribution in [0.25, 0.3) is 0 Å². The van der Waals surface area contributed by atoms with E-state index in [9.17, 15) is 13.2 Å². The average Bonchev–Trinajstić information content (AvgIpc) is 2.99. The van der Waals surface area contributed by atoms with Gasteiger partial charge in [-0.25, -0.2) is 8.42 Å². The van der Waals surface area contributed by atoms with Crippen molar-refractivity contribution in [2.75, 3.05) is 26.2 Å². The lowest BCUT2D eigenvalue weighted by Crippen LogP contribution is -2.55. The number of carbonyl (C=O) groups excluding carboxylic acids is 1. The van der Waals surface area contributed by atoms with Crippen LogP contribution in [0.5, 0.6) is 0 Å². The Bertz CT molecular complexity index is 756. The normalized spacial score (nSPS) is 20.8. The second-order valence-corrected chi connectivity index (χ2v) is 9.60. The van der Waals surface area contributed by atoms with Crippen LogP contribution in [-0.2, 0) is 19.6 Å². The second-order valence-electron chi connectivity index (χ2n) is 7.30. The van der Waals surface area contributed by atoms with Crippen molar-refractivity contribution in [2.24, 2.45) is 5.92 Å². The van der Waals surface area contributed by atoms with Gasteiger partial charge in [-0.1, -0.05) is 25.4 Å². The minimum absolute atomic E-state index is 0.125. The number of ether oxygens (including phenoxy) is 1. The molecule has 2 saturated heterocycles. The van der Waals surface area contributed by atoms with Gasteiger partial charge in [-0.05, 0) is 30.2 Å². The highest BCUT2D eigenvalue weighted by atomic mass is 35.5. The molecule has 2 aliphatic rings. The first-order valence-electron chi connectivity index (χ1n) is 8.95. The fourth-order valence-corrected chi connectivity index (χ4v) is 5.49. The Morgan fingerprint density at radius 3 is 2.38 bits per heavy atom. The van der Waals surface area contributed by atoms with E-state index < -0.39 is 15.7 Å². The summed E-state index contributed by atoms with van der Waals surface area (Å²) < 4.78 is 33.6. The van der Waals surface area contributed by atoms with Gasteiger partial charge >= 0.3 is 0 Å². The van der Waals surface area contributed by atoms with Gasteiger partial charge in [0.1, 0.15) is 5.72 Å². The molecule has 0 bridgehead atoms. The number of halogens is 1. The van der Waals surface area contributed by atoms with Crippen LogP contribution >= 0.6 is 11.6 Å². The third kappa shape index (κ3) is 3.76. The smallest absolute Gasteiger partial charge is 0.245 e. The maximum absolute atomic E-state index is 13.1. The Morgan fingerprint density at radius 2 is 1.81 bits per heavy atom. The molecule has 1 amide bonds. The standard InChI is InChI=1S/C18H25ClN2O4S/c1-14(2)13-17(22)20-9-7-18(8-10-20)21(11-12-25-18)26(23,24)16-5-3-15(19)4-6-16/h3-6,14H,7-13H2,1-2H3. The number of sulfonamides is 1. The van der Waals surface area contributed by atoms with Crippen molar-refractivity contribution in [3.8, 4) is 0 Å². The first-order chi connectivity index (χ1) is 12.2. The van der Waals surface area contributed by atoms with E-state index in [4.69, 9.17) is 16.3 Å². The van der Waals surface area contributed by atoms with E-state index in [-0.39, 0.29) is 10.8 Å². The van der Waals surface area contributed by atoms with Crippen LogP contribution in [-0.4, -0.2) is 55.5 Å². The highest BCUT2D eigenvalue weighted by molar-refractivity contribution is 7.89. The van der Waals surface area contributed by atoms with E-state index in [1.54, 1.807) is 12.1 Å². The summed E-state index contributed by atoms with van der Waals surface area (Å²) in [5, 5.41) is 0.494. The number of hydrogen-bond acceptors (Lipinski definition) is 4. The maximum atomic E-state index is 13.1. The van der Waals surface area contributed by atoms with E-state index >= 15 is 0 Å². The molecule has 0 aliphatic carbocycles. The molecule has 1 aromatic carbocycles. The van der Waals surface area contributed by atoms with Crippen LogP contribution in [0.4, 0.5) is 0 Å². The fourth-order valence-electron chi connectivity index (χ4n) is 3.64. The summed E-state index contributed by atoms with van der Waals surface area (Å²) in [5.41, 5.74) is -0.854. The number of benzene rings is 1. The van der Waals surface area contributed by atoms with Crippen molar-refractivity contribution in [3.05, 3.63) is 29.3 Å². The Balaban J connectivity index is 1.76. The molecular formula is C18H25ClN2O4S. The number of rotatable bonds is 4. The number of carbonyl (C=O) groups is 1. The molecule has 8 heteroatoms. The van der Waals surface area contributed by atoms with Gasteiger partial charge in [-0.2, -0.15) is 4.31 Å². The Kier molecular flexibility index (Phi) is 5.63. The predicted molar refractivity (Wildman–Crippen MR) is 99.3 cm³/mol. The molecule has 0 N–H and O–H groups in total. The van der Waals surface area contributed by atoms with Crippen LogP contribution in [0.15, 0.2) is 29.2 Å². The highest BCUT2D eigenvalue weighted by Gasteiger charge is 2.50. The van der Waals surface area contributed by atoms with Crippen LogP contribution in [0.1, 0.15) is 33.1 Å². The van der Waals surface area contributed by atoms with Crippen LogP contribution in [0.3, 0.4) is 0 Å². The van der Waals surface area contributed by atoms with Crippen LogP contribution in [0.2, 0.25) is 5.02 Å². The Morgan fingerprint density at radius 1 is 1.19 bits per heavy atom. The van der Waals surface area contributed by atoms with Crippen molar-refractivity contribution < 1.29 is 17.9 Å². The minimum Gasteiger partial charge on any atom is -0.358 e. The maximum Gasteiger partial charge on any atom is 0.245 e. The Labute approximate surface area is 160 Å². The largest absolute Gasteiger partial charge is 0.358 e. The predicted octanol–water partition coefficient (Wildman–Crippen LogP) is 2.73. The summed E-state index contributed by atoms with van der Waals surface area (Å²) in [6.07, 6.45) is 1.49. The van der Waals surface area contributed by atoms with E-state index in [1.165, 1.54) is 16.4 Å². The first-order valence-corrected chi connectivity index (χ1v) is 10.8. The van der Waals surface area contributed by atoms with Crippen LogP contribution < -0.4 is 0 Å². The van der Waals surface area contributed by atoms with Gasteiger partial charge in [0.2, 0.25) is 15.9 Å². The van der Waals surface area contributed by atoms with E-state index in [2.05, 4.69) is 0 Å². The fraction of sp³-hybridized carbons (Fsp3) is 0.611. The van der Waals surface area contributed by atoms with Gasteiger partial charge in [-0.3, -0.25) is 4.79 Å². The molecule has 0 atom stereocenters. The van der Waals surface area contributed by atoms with E-state index in [0.717, 1.165) is 0 Å². The molecule has 0 saturated carbocycles. The molecule has 2 heterocycles. The lowest BCUT2D eigenvalue weighted by molar-refractivity contribution is -0.140. The van der Waals surface area contributed by atoms with Gasteiger partial charge < -0.3 is 9.64 Å². The zero-order valence-electron chi connectivity index (χ0n) is 15.2. The van der Waals surface area contributed by atoms with Crippen molar-refractivity contribution >= 4 is 27.5 Å². The quantitative estimate of drug-likeness (QED) is 0.779. The molecule has 0 aromatic heterocycles. The number of nitrogens with zero attached hydrogens (tertiary/aromatic N) is 2. The average molecular weight is 401 g/mol. The summed E-state index contributed by atoms with van der Waals surface area (Å²) in [4.78, 5) is 14.3. The van der Waals surface area contributed by atoms with Crippen LogP contribution in [0, 0.1) is 5.92 Å². The third-order valence-corrected chi connectivity index (χ3v) is 7.22. The minimum atomic E-state index is -3.67. The number of piperidine rings is 1. The Hall–Kier alpha value is -1.15. The summed E-state index contributed by atoms with van der Waals surface area (Å²) in [5.74, 6) is 0.433. The SMILES string of the molecule is CC(C)CC(=O)N1CCC2(CC1)OCCN2S(=O)(=O)c1ccc(Cl)cc1. The van der Waals surface area contributed by atoms with Gasteiger partial charge in [0, 0.05) is 43.9 Å². The van der Waals surface area contributed by atoms with Crippen molar-refractivity contribution in [2.45, 2.75) is 43.7 Å². The van der Waals surface area contributed by atoms with Gasteiger partial charge in [0.15, 0.2) is 0 Å². The molecule has 6 nitrogen and oxygen atoms in total. The molecule has 1 aromatic rings. The van der Waals surface area contributed by atoms with Gasteiger partial charge in [0.25, 0.3) is 0 Å². The molecule has 3 rings (SSSR count). The summed E-state index contributed by atoms with van der Waals surface area (Å²) in [6, 6.07) is 6.19. The number of likely N-dealkylation sites (tertiary alicyclic amines) is 1. The zero-order chi connectivity index (χ0) is 18.9. The molecule has 26 heavy (non-hydrogen) atoms. The zero-order valence-corrected chi connectivity index (χ0v) is 16.7. The molecule has 144 valence electrons.